The number of H-pyrrole nitrogens is 1. The second kappa shape index (κ2) is 7.11. The summed E-state index contributed by atoms with van der Waals surface area (Å²) < 4.78 is 5.20. The number of aromatic nitrogens is 1. The minimum Gasteiger partial charge on any atom is -0.497 e. The third-order valence-corrected chi connectivity index (χ3v) is 3.72. The van der Waals surface area contributed by atoms with Gasteiger partial charge in [0.1, 0.15) is 5.75 Å². The van der Waals surface area contributed by atoms with Crippen molar-refractivity contribution in [2.24, 2.45) is 0 Å². The molecule has 5 heteroatoms. The Morgan fingerprint density at radius 1 is 1.32 bits per heavy atom. The van der Waals surface area contributed by atoms with Crippen LogP contribution in [0.2, 0.25) is 0 Å². The van der Waals surface area contributed by atoms with E-state index in [2.05, 4.69) is 4.98 Å². The molecule has 0 radical (unpaired) electrons. The van der Waals surface area contributed by atoms with Crippen LogP contribution in [0.15, 0.2) is 29.1 Å². The first kappa shape index (κ1) is 16.1. The Morgan fingerprint density at radius 2 is 2.09 bits per heavy atom. The monoisotopic (exact) mass is 302 g/mol. The summed E-state index contributed by atoms with van der Waals surface area (Å²) >= 11 is 0. The molecule has 22 heavy (non-hydrogen) atoms. The lowest BCUT2D eigenvalue weighted by atomic mass is 10.1. The highest BCUT2D eigenvalue weighted by Crippen LogP contribution is 2.19. The minimum absolute atomic E-state index is 0.0620. The predicted octanol–water partition coefficient (Wildman–Crippen LogP) is 2.34. The van der Waals surface area contributed by atoms with Crippen molar-refractivity contribution in [1.29, 1.82) is 0 Å². The molecule has 0 spiro atoms. The van der Waals surface area contributed by atoms with Gasteiger partial charge >= 0.3 is 0 Å². The van der Waals surface area contributed by atoms with Crippen LogP contribution in [0, 0.1) is 0 Å². The first-order valence-electron chi connectivity index (χ1n) is 7.49. The summed E-state index contributed by atoms with van der Waals surface area (Å²) in [6.07, 6.45) is 1.71. The number of benzene rings is 1. The largest absolute Gasteiger partial charge is 0.497 e. The average molecular weight is 302 g/mol. The maximum Gasteiger partial charge on any atom is 0.251 e. The van der Waals surface area contributed by atoms with E-state index in [0.29, 0.717) is 18.4 Å². The highest BCUT2D eigenvalue weighted by atomic mass is 16.5. The number of hydrogen-bond acceptors (Lipinski definition) is 3. The maximum absolute atomic E-state index is 12.1. The SMILES string of the molecule is CCCN(C)C(=O)CCc1cc2cc(OC)ccc2[nH]c1=O. The molecule has 0 aliphatic carbocycles. The highest BCUT2D eigenvalue weighted by Gasteiger charge is 2.10. The number of ether oxygens (including phenoxy) is 1. The van der Waals surface area contributed by atoms with Crippen LogP contribution < -0.4 is 10.3 Å². The fourth-order valence-corrected chi connectivity index (χ4v) is 2.44. The van der Waals surface area contributed by atoms with Gasteiger partial charge in [0.15, 0.2) is 0 Å². The van der Waals surface area contributed by atoms with E-state index in [-0.39, 0.29) is 11.5 Å². The number of nitrogens with zero attached hydrogens (tertiary/aromatic N) is 1. The van der Waals surface area contributed by atoms with Gasteiger partial charge in [0.25, 0.3) is 5.56 Å². The van der Waals surface area contributed by atoms with E-state index < -0.39 is 0 Å². The van der Waals surface area contributed by atoms with Gasteiger partial charge in [-0.2, -0.15) is 0 Å². The first-order valence-corrected chi connectivity index (χ1v) is 7.49. The molecular weight excluding hydrogens is 280 g/mol. The van der Waals surface area contributed by atoms with E-state index in [4.69, 9.17) is 4.74 Å². The predicted molar refractivity (Wildman–Crippen MR) is 87.4 cm³/mol. The van der Waals surface area contributed by atoms with Crippen molar-refractivity contribution in [3.05, 3.63) is 40.2 Å². The lowest BCUT2D eigenvalue weighted by molar-refractivity contribution is -0.129. The van der Waals surface area contributed by atoms with Crippen LogP contribution in [0.25, 0.3) is 10.9 Å². The Kier molecular flexibility index (Phi) is 5.20. The minimum atomic E-state index is -0.136. The zero-order chi connectivity index (χ0) is 16.1. The van der Waals surface area contributed by atoms with Gasteiger partial charge in [-0.3, -0.25) is 9.59 Å². The summed E-state index contributed by atoms with van der Waals surface area (Å²) in [5, 5.41) is 0.906. The second-order valence-corrected chi connectivity index (χ2v) is 5.39. The van der Waals surface area contributed by atoms with Gasteiger partial charge in [0, 0.05) is 36.5 Å². The van der Waals surface area contributed by atoms with Gasteiger partial charge in [0.2, 0.25) is 5.91 Å². The maximum atomic E-state index is 12.1. The molecule has 2 rings (SSSR count). The van der Waals surface area contributed by atoms with Crippen molar-refractivity contribution in [2.75, 3.05) is 20.7 Å². The number of aromatic amines is 1. The average Bonchev–Trinajstić information content (AvgIpc) is 2.52. The topological polar surface area (TPSA) is 62.4 Å². The van der Waals surface area contributed by atoms with Crippen molar-refractivity contribution in [3.63, 3.8) is 0 Å². The Labute approximate surface area is 129 Å². The van der Waals surface area contributed by atoms with Crippen LogP contribution in [-0.4, -0.2) is 36.5 Å². The summed E-state index contributed by atoms with van der Waals surface area (Å²) in [4.78, 5) is 28.6. The number of methoxy groups -OCH3 is 1. The second-order valence-electron chi connectivity index (χ2n) is 5.39. The smallest absolute Gasteiger partial charge is 0.251 e. The summed E-state index contributed by atoms with van der Waals surface area (Å²) in [6, 6.07) is 7.34. The molecule has 1 aromatic heterocycles. The Hall–Kier alpha value is -2.30. The van der Waals surface area contributed by atoms with Gasteiger partial charge in [-0.1, -0.05) is 6.92 Å². The van der Waals surface area contributed by atoms with Crippen LogP contribution in [0.1, 0.15) is 25.3 Å². The molecule has 1 N–H and O–H groups in total. The molecule has 1 heterocycles. The number of nitrogens with one attached hydrogen (secondary N) is 1. The lowest BCUT2D eigenvalue weighted by Crippen LogP contribution is -2.28. The first-order chi connectivity index (χ1) is 10.5. The number of pyridine rings is 1. The molecule has 5 nitrogen and oxygen atoms in total. The fourth-order valence-electron chi connectivity index (χ4n) is 2.44. The Bertz CT molecular complexity index is 721. The number of rotatable bonds is 6. The molecule has 2 aromatic rings. The molecule has 0 bridgehead atoms. The van der Waals surface area contributed by atoms with E-state index in [1.807, 2.05) is 25.1 Å². The van der Waals surface area contributed by atoms with Crippen molar-refractivity contribution in [2.45, 2.75) is 26.2 Å². The number of carbonyl (C=O) groups excluding carboxylic acids is 1. The van der Waals surface area contributed by atoms with Crippen LogP contribution in [0.3, 0.4) is 0 Å². The van der Waals surface area contributed by atoms with Crippen molar-refractivity contribution < 1.29 is 9.53 Å². The van der Waals surface area contributed by atoms with E-state index in [0.717, 1.165) is 29.6 Å². The number of fused-ring (bicyclic) bond motifs is 1. The molecule has 0 saturated heterocycles. The zero-order valence-electron chi connectivity index (χ0n) is 13.3. The van der Waals surface area contributed by atoms with Crippen molar-refractivity contribution in [1.82, 2.24) is 9.88 Å². The summed E-state index contributed by atoms with van der Waals surface area (Å²) in [5.74, 6) is 0.802. The summed E-state index contributed by atoms with van der Waals surface area (Å²) in [6.45, 7) is 2.77. The molecule has 0 atom stereocenters. The molecule has 0 aliphatic rings. The van der Waals surface area contributed by atoms with Crippen molar-refractivity contribution in [3.8, 4) is 5.75 Å². The molecule has 0 unspecified atom stereocenters. The van der Waals surface area contributed by atoms with Gasteiger partial charge in [-0.05, 0) is 37.1 Å². The summed E-state index contributed by atoms with van der Waals surface area (Å²) in [7, 11) is 3.40. The van der Waals surface area contributed by atoms with E-state index >= 15 is 0 Å². The Morgan fingerprint density at radius 3 is 2.77 bits per heavy atom. The molecule has 1 aromatic carbocycles. The van der Waals surface area contributed by atoms with E-state index in [1.54, 1.807) is 25.1 Å². The number of carbonyl (C=O) groups is 1. The van der Waals surface area contributed by atoms with Gasteiger partial charge in [0.05, 0.1) is 7.11 Å². The van der Waals surface area contributed by atoms with Crippen LogP contribution in [-0.2, 0) is 11.2 Å². The number of hydrogen-bond donors (Lipinski definition) is 1. The normalized spacial score (nSPS) is 10.7. The van der Waals surface area contributed by atoms with E-state index in [9.17, 15) is 9.59 Å². The molecule has 0 saturated carbocycles. The molecule has 118 valence electrons. The van der Waals surface area contributed by atoms with Crippen LogP contribution in [0.4, 0.5) is 0 Å². The molecule has 1 amide bonds. The van der Waals surface area contributed by atoms with Crippen LogP contribution in [0.5, 0.6) is 5.75 Å². The van der Waals surface area contributed by atoms with Gasteiger partial charge in [-0.15, -0.1) is 0 Å². The quantitative estimate of drug-likeness (QED) is 0.891. The van der Waals surface area contributed by atoms with E-state index in [1.165, 1.54) is 0 Å². The summed E-state index contributed by atoms with van der Waals surface area (Å²) in [5.41, 5.74) is 1.26. The zero-order valence-corrected chi connectivity index (χ0v) is 13.3. The molecular formula is C17H22N2O3. The third kappa shape index (κ3) is 3.67. The number of amides is 1. The lowest BCUT2D eigenvalue weighted by Gasteiger charge is -2.15. The van der Waals surface area contributed by atoms with Crippen molar-refractivity contribution >= 4 is 16.8 Å². The van der Waals surface area contributed by atoms with Gasteiger partial charge < -0.3 is 14.6 Å². The van der Waals surface area contributed by atoms with Crippen LogP contribution >= 0.6 is 0 Å². The highest BCUT2D eigenvalue weighted by molar-refractivity contribution is 5.81. The van der Waals surface area contributed by atoms with Gasteiger partial charge in [-0.25, -0.2) is 0 Å². The third-order valence-electron chi connectivity index (χ3n) is 3.72. The molecule has 0 fully saturated rings. The standard InChI is InChI=1S/C17H22N2O3/c1-4-9-19(2)16(20)8-5-12-10-13-11-14(22-3)6-7-15(13)18-17(12)21/h6-7,10-11H,4-5,8-9H2,1-3H3,(H,18,21). The molecule has 0 aliphatic heterocycles. The fraction of sp³-hybridized carbons (Fsp3) is 0.412. The Balaban J connectivity index is 2.18. The number of aryl methyl sites for hydroxylation is 1.